The van der Waals surface area contributed by atoms with Crippen LogP contribution in [0.5, 0.6) is 0 Å². The van der Waals surface area contributed by atoms with E-state index in [4.69, 9.17) is 0 Å². The summed E-state index contributed by atoms with van der Waals surface area (Å²) in [5.74, 6) is -0.730. The molecule has 1 heterocycles. The van der Waals surface area contributed by atoms with E-state index >= 15 is 0 Å². The standard InChI is InChI=1S/C19H17FN4O2S/c1-11(25)21-15-7-8-16(17(9-15)22-12(2)26)18-10-27-19(24-18)23-14-5-3-13(20)4-6-14/h3-10H,1-2H3,(H,21,25)(H,22,26)(H,23,24). The zero-order valence-corrected chi connectivity index (χ0v) is 15.5. The van der Waals surface area contributed by atoms with Crippen LogP contribution in [0, 0.1) is 5.82 Å². The number of rotatable bonds is 5. The van der Waals surface area contributed by atoms with Gasteiger partial charge in [0.05, 0.1) is 11.4 Å². The molecule has 0 saturated heterocycles. The molecule has 0 unspecified atom stereocenters. The molecule has 27 heavy (non-hydrogen) atoms. The van der Waals surface area contributed by atoms with Gasteiger partial charge >= 0.3 is 0 Å². The molecule has 3 aromatic rings. The summed E-state index contributed by atoms with van der Waals surface area (Å²) in [4.78, 5) is 27.3. The lowest BCUT2D eigenvalue weighted by Crippen LogP contribution is -2.09. The first-order chi connectivity index (χ1) is 12.9. The Kier molecular flexibility index (Phi) is 5.46. The summed E-state index contributed by atoms with van der Waals surface area (Å²) in [5, 5.41) is 11.1. The molecule has 0 aliphatic rings. The fourth-order valence-electron chi connectivity index (χ4n) is 2.45. The van der Waals surface area contributed by atoms with E-state index in [-0.39, 0.29) is 17.6 Å². The second-order valence-corrected chi connectivity index (χ2v) is 6.65. The number of carbonyl (C=O) groups is 2. The van der Waals surface area contributed by atoms with Crippen molar-refractivity contribution in [3.8, 4) is 11.3 Å². The van der Waals surface area contributed by atoms with Crippen molar-refractivity contribution in [1.82, 2.24) is 4.98 Å². The summed E-state index contributed by atoms with van der Waals surface area (Å²) < 4.78 is 13.0. The molecule has 2 aromatic carbocycles. The van der Waals surface area contributed by atoms with E-state index < -0.39 is 0 Å². The lowest BCUT2D eigenvalue weighted by molar-refractivity contribution is -0.115. The van der Waals surface area contributed by atoms with E-state index in [2.05, 4.69) is 20.9 Å². The van der Waals surface area contributed by atoms with E-state index in [9.17, 15) is 14.0 Å². The molecular weight excluding hydrogens is 367 g/mol. The van der Waals surface area contributed by atoms with E-state index in [1.807, 2.05) is 5.38 Å². The molecule has 8 heteroatoms. The van der Waals surface area contributed by atoms with Gasteiger partial charge in [-0.15, -0.1) is 11.3 Å². The van der Waals surface area contributed by atoms with Crippen LogP contribution in [0.1, 0.15) is 13.8 Å². The highest BCUT2D eigenvalue weighted by molar-refractivity contribution is 7.14. The predicted molar refractivity (Wildman–Crippen MR) is 106 cm³/mol. The summed E-state index contributed by atoms with van der Waals surface area (Å²) in [6, 6.07) is 11.2. The Hall–Kier alpha value is -3.26. The van der Waals surface area contributed by atoms with Crippen LogP contribution in [0.3, 0.4) is 0 Å². The van der Waals surface area contributed by atoms with Crippen LogP contribution in [0.4, 0.5) is 26.6 Å². The van der Waals surface area contributed by atoms with Crippen molar-refractivity contribution in [3.05, 3.63) is 53.7 Å². The molecule has 0 aliphatic heterocycles. The minimum atomic E-state index is -0.306. The second-order valence-electron chi connectivity index (χ2n) is 5.79. The molecule has 0 bridgehead atoms. The number of nitrogens with zero attached hydrogens (tertiary/aromatic N) is 1. The largest absolute Gasteiger partial charge is 0.332 e. The van der Waals surface area contributed by atoms with E-state index in [0.29, 0.717) is 22.2 Å². The number of hydrogen-bond donors (Lipinski definition) is 3. The third-order valence-corrected chi connectivity index (χ3v) is 4.28. The number of amides is 2. The number of nitrogens with one attached hydrogen (secondary N) is 3. The van der Waals surface area contributed by atoms with Crippen molar-refractivity contribution >= 4 is 45.3 Å². The lowest BCUT2D eigenvalue weighted by atomic mass is 10.1. The van der Waals surface area contributed by atoms with Gasteiger partial charge in [-0.3, -0.25) is 9.59 Å². The molecule has 0 radical (unpaired) electrons. The Morgan fingerprint density at radius 1 is 0.963 bits per heavy atom. The fraction of sp³-hybridized carbons (Fsp3) is 0.105. The summed E-state index contributed by atoms with van der Waals surface area (Å²) in [6.45, 7) is 2.83. The SMILES string of the molecule is CC(=O)Nc1ccc(-c2csc(Nc3ccc(F)cc3)n2)c(NC(C)=O)c1. The van der Waals surface area contributed by atoms with Gasteiger partial charge in [-0.2, -0.15) is 0 Å². The maximum absolute atomic E-state index is 13.0. The molecule has 1 aromatic heterocycles. The molecule has 138 valence electrons. The maximum atomic E-state index is 13.0. The van der Waals surface area contributed by atoms with Gasteiger partial charge < -0.3 is 16.0 Å². The third-order valence-electron chi connectivity index (χ3n) is 3.53. The Morgan fingerprint density at radius 2 is 1.63 bits per heavy atom. The van der Waals surface area contributed by atoms with Gasteiger partial charge in [0.2, 0.25) is 11.8 Å². The Morgan fingerprint density at radius 3 is 2.30 bits per heavy atom. The highest BCUT2D eigenvalue weighted by atomic mass is 32.1. The van der Waals surface area contributed by atoms with Crippen LogP contribution in [0.25, 0.3) is 11.3 Å². The van der Waals surface area contributed by atoms with Crippen molar-refractivity contribution in [2.45, 2.75) is 13.8 Å². The van der Waals surface area contributed by atoms with Crippen molar-refractivity contribution < 1.29 is 14.0 Å². The lowest BCUT2D eigenvalue weighted by Gasteiger charge is -2.11. The average Bonchev–Trinajstić information content (AvgIpc) is 3.04. The molecule has 0 atom stereocenters. The van der Waals surface area contributed by atoms with Crippen molar-refractivity contribution in [2.75, 3.05) is 16.0 Å². The molecular formula is C19H17FN4O2S. The molecule has 0 saturated carbocycles. The summed E-state index contributed by atoms with van der Waals surface area (Å²) in [6.07, 6.45) is 0. The summed E-state index contributed by atoms with van der Waals surface area (Å²) >= 11 is 1.39. The number of carbonyl (C=O) groups excluding carboxylic acids is 2. The molecule has 0 aliphatic carbocycles. The van der Waals surface area contributed by atoms with Gasteiger partial charge in [-0.1, -0.05) is 0 Å². The molecule has 0 spiro atoms. The first-order valence-corrected chi connectivity index (χ1v) is 8.96. The molecule has 3 N–H and O–H groups in total. The highest BCUT2D eigenvalue weighted by Crippen LogP contribution is 2.33. The van der Waals surface area contributed by atoms with Crippen LogP contribution in [-0.4, -0.2) is 16.8 Å². The van der Waals surface area contributed by atoms with E-state index in [0.717, 1.165) is 11.3 Å². The predicted octanol–water partition coefficient (Wildman–Crippen LogP) is 4.61. The van der Waals surface area contributed by atoms with Gasteiger partial charge in [-0.25, -0.2) is 9.37 Å². The first-order valence-electron chi connectivity index (χ1n) is 8.08. The van der Waals surface area contributed by atoms with Crippen LogP contribution >= 0.6 is 11.3 Å². The van der Waals surface area contributed by atoms with Crippen molar-refractivity contribution in [2.24, 2.45) is 0 Å². The minimum absolute atomic E-state index is 0.198. The van der Waals surface area contributed by atoms with Crippen molar-refractivity contribution in [1.29, 1.82) is 0 Å². The van der Waals surface area contributed by atoms with Gasteiger partial charge in [0.15, 0.2) is 5.13 Å². The minimum Gasteiger partial charge on any atom is -0.332 e. The zero-order valence-electron chi connectivity index (χ0n) is 14.7. The highest BCUT2D eigenvalue weighted by Gasteiger charge is 2.12. The normalized spacial score (nSPS) is 10.3. The van der Waals surface area contributed by atoms with Crippen LogP contribution in [-0.2, 0) is 9.59 Å². The molecule has 2 amide bonds. The van der Waals surface area contributed by atoms with Crippen LogP contribution < -0.4 is 16.0 Å². The quantitative estimate of drug-likeness (QED) is 0.600. The Bertz CT molecular complexity index is 986. The third kappa shape index (κ3) is 4.89. The Balaban J connectivity index is 1.88. The van der Waals surface area contributed by atoms with E-state index in [1.54, 1.807) is 30.3 Å². The van der Waals surface area contributed by atoms with Crippen LogP contribution in [0.2, 0.25) is 0 Å². The van der Waals surface area contributed by atoms with Gasteiger partial charge in [-0.05, 0) is 42.5 Å². The fourth-order valence-corrected chi connectivity index (χ4v) is 3.18. The van der Waals surface area contributed by atoms with Crippen molar-refractivity contribution in [3.63, 3.8) is 0 Å². The van der Waals surface area contributed by atoms with Gasteiger partial charge in [0.25, 0.3) is 0 Å². The Labute approximate surface area is 159 Å². The van der Waals surface area contributed by atoms with Gasteiger partial charge in [0.1, 0.15) is 5.82 Å². The number of aromatic nitrogens is 1. The smallest absolute Gasteiger partial charge is 0.221 e. The number of hydrogen-bond acceptors (Lipinski definition) is 5. The summed E-state index contributed by atoms with van der Waals surface area (Å²) in [7, 11) is 0. The molecule has 6 nitrogen and oxygen atoms in total. The topological polar surface area (TPSA) is 83.1 Å². The monoisotopic (exact) mass is 384 g/mol. The summed E-state index contributed by atoms with van der Waals surface area (Å²) in [5.41, 5.74) is 3.24. The van der Waals surface area contributed by atoms with E-state index in [1.165, 1.54) is 37.3 Å². The second kappa shape index (κ2) is 7.96. The number of benzene rings is 2. The number of halogens is 1. The first kappa shape index (κ1) is 18.5. The van der Waals surface area contributed by atoms with Gasteiger partial charge in [0, 0.05) is 36.2 Å². The average molecular weight is 384 g/mol. The van der Waals surface area contributed by atoms with Crippen LogP contribution in [0.15, 0.2) is 47.8 Å². The molecule has 0 fully saturated rings. The zero-order chi connectivity index (χ0) is 19.4. The number of anilines is 4. The maximum Gasteiger partial charge on any atom is 0.221 e. The molecule has 3 rings (SSSR count). The number of thiazole rings is 1.